The Morgan fingerprint density at radius 2 is 1.88 bits per heavy atom. The summed E-state index contributed by atoms with van der Waals surface area (Å²) in [5, 5.41) is 0. The van der Waals surface area contributed by atoms with Crippen LogP contribution < -0.4 is 0 Å². The number of hydrogen-bond acceptors (Lipinski definition) is 5. The first-order valence-corrected chi connectivity index (χ1v) is 11.3. The van der Waals surface area contributed by atoms with Gasteiger partial charge in [0.25, 0.3) is 5.91 Å². The zero-order valence-electron chi connectivity index (χ0n) is 18.4. The van der Waals surface area contributed by atoms with E-state index in [1.54, 1.807) is 23.2 Å². The first-order chi connectivity index (χ1) is 15.5. The van der Waals surface area contributed by atoms with Gasteiger partial charge in [-0.3, -0.25) is 9.59 Å². The predicted molar refractivity (Wildman–Crippen MR) is 117 cm³/mol. The number of hydrogen-bond donors (Lipinski definition) is 0. The summed E-state index contributed by atoms with van der Waals surface area (Å²) < 4.78 is 18.4. The van der Waals surface area contributed by atoms with Gasteiger partial charge in [0.05, 0.1) is 30.5 Å². The molecule has 2 amide bonds. The minimum atomic E-state index is -0.278. The van der Waals surface area contributed by atoms with E-state index in [-0.39, 0.29) is 23.7 Å². The molecule has 2 aliphatic heterocycles. The molecule has 0 N–H and O–H groups in total. The Hall–Kier alpha value is -2.87. The van der Waals surface area contributed by atoms with E-state index in [0.717, 1.165) is 24.8 Å². The third-order valence-electron chi connectivity index (χ3n) is 6.19. The molecular formula is C24H29FN4O3. The van der Waals surface area contributed by atoms with Gasteiger partial charge in [0, 0.05) is 32.3 Å². The fourth-order valence-corrected chi connectivity index (χ4v) is 4.34. The van der Waals surface area contributed by atoms with E-state index in [9.17, 15) is 14.0 Å². The lowest BCUT2D eigenvalue weighted by Gasteiger charge is -2.35. The van der Waals surface area contributed by atoms with E-state index in [1.807, 2.05) is 11.8 Å². The molecule has 1 atom stereocenters. The Kier molecular flexibility index (Phi) is 7.09. The second-order valence-corrected chi connectivity index (χ2v) is 8.36. The number of piperidine rings is 1. The van der Waals surface area contributed by atoms with Crippen molar-refractivity contribution < 1.29 is 18.7 Å². The van der Waals surface area contributed by atoms with Crippen LogP contribution in [0.4, 0.5) is 4.39 Å². The summed E-state index contributed by atoms with van der Waals surface area (Å²) in [4.78, 5) is 38.6. The zero-order valence-corrected chi connectivity index (χ0v) is 18.4. The van der Waals surface area contributed by atoms with Crippen LogP contribution >= 0.6 is 0 Å². The number of benzene rings is 1. The van der Waals surface area contributed by atoms with Gasteiger partial charge in [-0.25, -0.2) is 14.4 Å². The number of carbonyl (C=O) groups is 2. The van der Waals surface area contributed by atoms with Crippen LogP contribution in [0.15, 0.2) is 30.5 Å². The Morgan fingerprint density at radius 3 is 2.59 bits per heavy atom. The first-order valence-electron chi connectivity index (χ1n) is 11.3. The van der Waals surface area contributed by atoms with Crippen molar-refractivity contribution in [1.82, 2.24) is 19.8 Å². The number of nitrogens with zero attached hydrogens (tertiary/aromatic N) is 4. The summed E-state index contributed by atoms with van der Waals surface area (Å²) in [6, 6.07) is 6.08. The summed E-state index contributed by atoms with van der Waals surface area (Å²) in [6.45, 7) is 4.71. The minimum absolute atomic E-state index is 0.0498. The van der Waals surface area contributed by atoms with Crippen LogP contribution in [0.2, 0.25) is 0 Å². The summed E-state index contributed by atoms with van der Waals surface area (Å²) in [6.07, 6.45) is 5.28. The number of aromatic nitrogens is 2. The Bertz CT molecular complexity index is 960. The number of ether oxygens (including phenoxy) is 1. The summed E-state index contributed by atoms with van der Waals surface area (Å²) in [7, 11) is 0. The molecule has 2 fully saturated rings. The molecule has 1 unspecified atom stereocenters. The van der Waals surface area contributed by atoms with E-state index in [0.29, 0.717) is 62.8 Å². The molecule has 32 heavy (non-hydrogen) atoms. The maximum atomic E-state index is 13.1. The van der Waals surface area contributed by atoms with E-state index in [4.69, 9.17) is 4.74 Å². The lowest BCUT2D eigenvalue weighted by Crippen LogP contribution is -2.41. The maximum Gasteiger partial charge on any atom is 0.257 e. The van der Waals surface area contributed by atoms with Crippen LogP contribution in [-0.2, 0) is 16.0 Å². The minimum Gasteiger partial charge on any atom is -0.378 e. The van der Waals surface area contributed by atoms with E-state index < -0.39 is 0 Å². The van der Waals surface area contributed by atoms with Crippen LogP contribution in [0.5, 0.6) is 0 Å². The molecule has 0 aliphatic carbocycles. The lowest BCUT2D eigenvalue weighted by atomic mass is 9.99. The smallest absolute Gasteiger partial charge is 0.257 e. The highest BCUT2D eigenvalue weighted by atomic mass is 19.1. The second-order valence-electron chi connectivity index (χ2n) is 8.36. The van der Waals surface area contributed by atoms with E-state index >= 15 is 0 Å². The monoisotopic (exact) mass is 440 g/mol. The Balaban J connectivity index is 1.45. The average molecular weight is 441 g/mol. The quantitative estimate of drug-likeness (QED) is 0.714. The number of likely N-dealkylation sites (tertiary alicyclic amines) is 1. The van der Waals surface area contributed by atoms with Gasteiger partial charge in [0.15, 0.2) is 5.82 Å². The molecule has 4 rings (SSSR count). The number of aryl methyl sites for hydroxylation is 2. The number of morpholine rings is 1. The molecule has 0 saturated carbocycles. The van der Waals surface area contributed by atoms with Crippen molar-refractivity contribution in [2.24, 2.45) is 0 Å². The van der Waals surface area contributed by atoms with Crippen LogP contribution in [0.1, 0.15) is 59.2 Å². The average Bonchev–Trinajstić information content (AvgIpc) is 2.83. The Morgan fingerprint density at radius 1 is 1.12 bits per heavy atom. The molecule has 170 valence electrons. The molecule has 1 aromatic heterocycles. The highest BCUT2D eigenvalue weighted by Gasteiger charge is 2.30. The van der Waals surface area contributed by atoms with Crippen LogP contribution in [0.3, 0.4) is 0 Å². The normalized spacial score (nSPS) is 19.1. The van der Waals surface area contributed by atoms with Crippen molar-refractivity contribution in [2.45, 2.75) is 45.1 Å². The highest BCUT2D eigenvalue weighted by Crippen LogP contribution is 2.30. The van der Waals surface area contributed by atoms with Gasteiger partial charge < -0.3 is 14.5 Å². The molecule has 2 aliphatic rings. The van der Waals surface area contributed by atoms with Crippen LogP contribution in [-0.4, -0.2) is 64.4 Å². The van der Waals surface area contributed by atoms with Gasteiger partial charge in [0.1, 0.15) is 5.82 Å². The third kappa shape index (κ3) is 5.12. The molecular weight excluding hydrogens is 411 g/mol. The van der Waals surface area contributed by atoms with Crippen LogP contribution in [0, 0.1) is 12.7 Å². The fraction of sp³-hybridized carbons (Fsp3) is 0.500. The van der Waals surface area contributed by atoms with Crippen molar-refractivity contribution in [1.29, 1.82) is 0 Å². The lowest BCUT2D eigenvalue weighted by molar-refractivity contribution is -0.135. The summed E-state index contributed by atoms with van der Waals surface area (Å²) >= 11 is 0. The number of amides is 2. The number of carbonyl (C=O) groups excluding carboxylic acids is 2. The molecule has 0 spiro atoms. The molecule has 3 heterocycles. The van der Waals surface area contributed by atoms with Gasteiger partial charge in [-0.05, 0) is 50.3 Å². The highest BCUT2D eigenvalue weighted by molar-refractivity contribution is 5.95. The van der Waals surface area contributed by atoms with Crippen molar-refractivity contribution in [2.75, 3.05) is 32.8 Å². The van der Waals surface area contributed by atoms with Gasteiger partial charge in [0.2, 0.25) is 5.91 Å². The molecule has 0 bridgehead atoms. The molecule has 2 saturated heterocycles. The van der Waals surface area contributed by atoms with E-state index in [2.05, 4.69) is 9.97 Å². The molecule has 8 heteroatoms. The molecule has 2 aromatic rings. The van der Waals surface area contributed by atoms with E-state index in [1.165, 1.54) is 12.1 Å². The second kappa shape index (κ2) is 10.2. The predicted octanol–water partition coefficient (Wildman–Crippen LogP) is 3.08. The fourth-order valence-electron chi connectivity index (χ4n) is 4.34. The van der Waals surface area contributed by atoms with Crippen molar-refractivity contribution in [3.63, 3.8) is 0 Å². The largest absolute Gasteiger partial charge is 0.378 e. The molecule has 1 aromatic carbocycles. The molecule has 7 nitrogen and oxygen atoms in total. The number of rotatable bonds is 5. The first kappa shape index (κ1) is 22.3. The molecule has 0 radical (unpaired) electrons. The summed E-state index contributed by atoms with van der Waals surface area (Å²) in [5.74, 6) is 0.289. The van der Waals surface area contributed by atoms with Crippen LogP contribution in [0.25, 0.3) is 0 Å². The number of halogens is 1. The van der Waals surface area contributed by atoms with Gasteiger partial charge in [-0.1, -0.05) is 12.1 Å². The maximum absolute atomic E-state index is 13.1. The van der Waals surface area contributed by atoms with Gasteiger partial charge in [-0.2, -0.15) is 0 Å². The standard InChI is InChI=1S/C24H29FN4O3/c1-17-20(24(31)28-12-14-32-15-13-28)16-26-23(27-17)21-4-2-3-11-29(21)22(30)10-7-18-5-8-19(25)9-6-18/h5-6,8-9,16,21H,2-4,7,10-15H2,1H3. The van der Waals surface area contributed by atoms with Crippen molar-refractivity contribution in [3.05, 3.63) is 58.9 Å². The van der Waals surface area contributed by atoms with Gasteiger partial charge in [-0.15, -0.1) is 0 Å². The summed E-state index contributed by atoms with van der Waals surface area (Å²) in [5.41, 5.74) is 2.07. The van der Waals surface area contributed by atoms with Crippen molar-refractivity contribution in [3.8, 4) is 0 Å². The topological polar surface area (TPSA) is 75.6 Å². The Labute approximate surface area is 187 Å². The third-order valence-corrected chi connectivity index (χ3v) is 6.19. The zero-order chi connectivity index (χ0) is 22.5. The SMILES string of the molecule is Cc1nc(C2CCCCN2C(=O)CCc2ccc(F)cc2)ncc1C(=O)N1CCOCC1. The van der Waals surface area contributed by atoms with Gasteiger partial charge >= 0.3 is 0 Å². The van der Waals surface area contributed by atoms with Crippen molar-refractivity contribution >= 4 is 11.8 Å².